The van der Waals surface area contributed by atoms with E-state index in [1.807, 2.05) is 6.07 Å². The Bertz CT molecular complexity index is 581. The molecule has 0 radical (unpaired) electrons. The van der Waals surface area contributed by atoms with Gasteiger partial charge in [-0.1, -0.05) is 19.9 Å². The quantitative estimate of drug-likeness (QED) is 0.805. The maximum Gasteiger partial charge on any atom is 0.137 e. The average molecular weight is 370 g/mol. The van der Waals surface area contributed by atoms with Crippen LogP contribution in [0.4, 0.5) is 4.39 Å². The molecule has 1 fully saturated rings. The lowest BCUT2D eigenvalue weighted by Gasteiger charge is -2.53. The summed E-state index contributed by atoms with van der Waals surface area (Å²) in [6, 6.07) is 3.36. The van der Waals surface area contributed by atoms with Crippen molar-refractivity contribution in [3.05, 3.63) is 33.5 Å². The van der Waals surface area contributed by atoms with E-state index >= 15 is 0 Å². The predicted molar refractivity (Wildman–Crippen MR) is 90.3 cm³/mol. The Hall–Kier alpha value is -0.450. The summed E-state index contributed by atoms with van der Waals surface area (Å²) in [5.74, 6) is -0.0985. The highest BCUT2D eigenvalue weighted by molar-refractivity contribution is 9.10. The van der Waals surface area contributed by atoms with Gasteiger partial charge in [0.05, 0.1) is 10.1 Å². The number of hydrogen-bond donors (Lipinski definition) is 1. The minimum atomic E-state index is -0.969. The van der Waals surface area contributed by atoms with Crippen LogP contribution in [0.1, 0.15) is 44.2 Å². The lowest BCUT2D eigenvalue weighted by molar-refractivity contribution is -0.143. The normalized spacial score (nSPS) is 29.4. The zero-order valence-corrected chi connectivity index (χ0v) is 15.2. The minimum Gasteiger partial charge on any atom is -0.384 e. The van der Waals surface area contributed by atoms with E-state index in [1.54, 1.807) is 0 Å². The van der Waals surface area contributed by atoms with E-state index in [4.69, 9.17) is 0 Å². The Morgan fingerprint density at radius 2 is 1.91 bits per heavy atom. The number of fused-ring (bicyclic) bond motifs is 1. The summed E-state index contributed by atoms with van der Waals surface area (Å²) in [5.41, 5.74) is 0.673. The van der Waals surface area contributed by atoms with Crippen LogP contribution in [0, 0.1) is 17.2 Å². The smallest absolute Gasteiger partial charge is 0.137 e. The number of nitrogens with zero attached hydrogens (tertiary/aromatic N) is 1. The second kappa shape index (κ2) is 5.57. The number of likely N-dealkylation sites (tertiary alicyclic amines) is 1. The molecule has 1 aliphatic carbocycles. The maximum absolute atomic E-state index is 14.2. The van der Waals surface area contributed by atoms with Crippen LogP contribution in [-0.2, 0) is 12.0 Å². The third-order valence-corrected chi connectivity index (χ3v) is 6.70. The van der Waals surface area contributed by atoms with Crippen LogP contribution >= 0.6 is 15.9 Å². The number of hydrogen-bond acceptors (Lipinski definition) is 2. The van der Waals surface area contributed by atoms with Crippen LogP contribution in [0.25, 0.3) is 0 Å². The van der Waals surface area contributed by atoms with E-state index in [-0.39, 0.29) is 17.2 Å². The summed E-state index contributed by atoms with van der Waals surface area (Å²) in [5, 5.41) is 11.9. The van der Waals surface area contributed by atoms with Crippen molar-refractivity contribution in [2.75, 3.05) is 20.1 Å². The first-order valence-electron chi connectivity index (χ1n) is 8.15. The molecule has 1 N–H and O–H groups in total. The molecule has 22 heavy (non-hydrogen) atoms. The molecule has 2 aliphatic rings. The fourth-order valence-corrected chi connectivity index (χ4v) is 5.06. The molecule has 1 atom stereocenters. The van der Waals surface area contributed by atoms with E-state index in [9.17, 15) is 9.50 Å². The fraction of sp³-hybridized carbons (Fsp3) is 0.667. The fourth-order valence-electron chi connectivity index (χ4n) is 4.37. The molecule has 1 aromatic rings. The topological polar surface area (TPSA) is 23.5 Å². The Kier molecular flexibility index (Phi) is 4.15. The highest BCUT2D eigenvalue weighted by Gasteiger charge is 2.54. The largest absolute Gasteiger partial charge is 0.384 e. The number of rotatable bonds is 1. The number of aryl methyl sites for hydroxylation is 1. The van der Waals surface area contributed by atoms with Gasteiger partial charge in [0.15, 0.2) is 0 Å². The molecule has 0 aromatic heterocycles. The van der Waals surface area contributed by atoms with E-state index in [0.717, 1.165) is 49.9 Å². The van der Waals surface area contributed by atoms with Gasteiger partial charge >= 0.3 is 0 Å². The SMILES string of the molecule is CN1CCC(C2(O)c3c(ccc(F)c3Br)CCC2(C)C)CC1. The Morgan fingerprint density at radius 1 is 1.27 bits per heavy atom. The van der Waals surface area contributed by atoms with Gasteiger partial charge in [0.1, 0.15) is 5.82 Å². The first-order chi connectivity index (χ1) is 10.3. The molecule has 0 bridgehead atoms. The van der Waals surface area contributed by atoms with Gasteiger partial charge in [-0.3, -0.25) is 0 Å². The van der Waals surface area contributed by atoms with Crippen LogP contribution in [-0.4, -0.2) is 30.1 Å². The van der Waals surface area contributed by atoms with Crippen LogP contribution < -0.4 is 0 Å². The lowest BCUT2D eigenvalue weighted by Crippen LogP contribution is -2.54. The summed E-state index contributed by atoms with van der Waals surface area (Å²) in [6.07, 6.45) is 3.74. The van der Waals surface area contributed by atoms with Crippen molar-refractivity contribution in [1.29, 1.82) is 0 Å². The highest BCUT2D eigenvalue weighted by atomic mass is 79.9. The average Bonchev–Trinajstić information content (AvgIpc) is 2.47. The molecule has 1 unspecified atom stereocenters. The Labute approximate surface area is 140 Å². The number of piperidine rings is 1. The van der Waals surface area contributed by atoms with Gasteiger partial charge in [-0.2, -0.15) is 0 Å². The molecule has 2 nitrogen and oxygen atoms in total. The summed E-state index contributed by atoms with van der Waals surface area (Å²) >= 11 is 3.43. The van der Waals surface area contributed by atoms with Crippen molar-refractivity contribution in [2.45, 2.75) is 45.1 Å². The van der Waals surface area contributed by atoms with Crippen LogP contribution in [0.2, 0.25) is 0 Å². The molecule has 122 valence electrons. The van der Waals surface area contributed by atoms with Gasteiger partial charge in [-0.05, 0) is 84.7 Å². The standard InChI is InChI=1S/C18H25BrFNO/c1-17(2)9-6-12-4-5-14(20)16(19)15(12)18(17,22)13-7-10-21(3)11-8-13/h4-5,13,22H,6-11H2,1-3H3. The number of benzene rings is 1. The third kappa shape index (κ3) is 2.35. The lowest BCUT2D eigenvalue weighted by atomic mass is 9.56. The van der Waals surface area contributed by atoms with E-state index in [1.165, 1.54) is 6.07 Å². The molecular formula is C18H25BrFNO. The summed E-state index contributed by atoms with van der Waals surface area (Å²) in [7, 11) is 2.12. The summed E-state index contributed by atoms with van der Waals surface area (Å²) < 4.78 is 14.6. The van der Waals surface area contributed by atoms with E-state index < -0.39 is 5.60 Å². The van der Waals surface area contributed by atoms with Crippen molar-refractivity contribution in [1.82, 2.24) is 4.90 Å². The van der Waals surface area contributed by atoms with Gasteiger partial charge in [0.25, 0.3) is 0 Å². The van der Waals surface area contributed by atoms with E-state index in [0.29, 0.717) is 4.47 Å². The molecule has 3 rings (SSSR count). The van der Waals surface area contributed by atoms with Gasteiger partial charge in [-0.25, -0.2) is 4.39 Å². The number of aliphatic hydroxyl groups is 1. The molecule has 1 heterocycles. The summed E-state index contributed by atoms with van der Waals surface area (Å²) in [4.78, 5) is 2.30. The van der Waals surface area contributed by atoms with Crippen molar-refractivity contribution in [3.63, 3.8) is 0 Å². The highest BCUT2D eigenvalue weighted by Crippen LogP contribution is 2.56. The zero-order chi connectivity index (χ0) is 16.1. The molecule has 4 heteroatoms. The molecule has 1 aromatic carbocycles. The van der Waals surface area contributed by atoms with Crippen molar-refractivity contribution >= 4 is 15.9 Å². The molecule has 1 aliphatic heterocycles. The van der Waals surface area contributed by atoms with Gasteiger partial charge < -0.3 is 10.0 Å². The van der Waals surface area contributed by atoms with Gasteiger partial charge in [-0.15, -0.1) is 0 Å². The third-order valence-electron chi connectivity index (χ3n) is 5.92. The molecule has 0 saturated carbocycles. The molecule has 1 saturated heterocycles. The van der Waals surface area contributed by atoms with Crippen LogP contribution in [0.3, 0.4) is 0 Å². The number of halogens is 2. The molecule has 0 amide bonds. The van der Waals surface area contributed by atoms with Crippen molar-refractivity contribution < 1.29 is 9.50 Å². The second-order valence-electron chi connectivity index (χ2n) is 7.62. The predicted octanol–water partition coefficient (Wildman–Crippen LogP) is 4.09. The molecular weight excluding hydrogens is 345 g/mol. The summed E-state index contributed by atoms with van der Waals surface area (Å²) in [6.45, 7) is 6.24. The zero-order valence-electron chi connectivity index (χ0n) is 13.6. The van der Waals surface area contributed by atoms with E-state index in [2.05, 4.69) is 41.7 Å². The Morgan fingerprint density at radius 3 is 2.55 bits per heavy atom. The molecule has 0 spiro atoms. The minimum absolute atomic E-state index is 0.177. The van der Waals surface area contributed by atoms with Crippen LogP contribution in [0.5, 0.6) is 0 Å². The van der Waals surface area contributed by atoms with Gasteiger partial charge in [0.2, 0.25) is 0 Å². The van der Waals surface area contributed by atoms with Crippen molar-refractivity contribution in [3.8, 4) is 0 Å². The van der Waals surface area contributed by atoms with Gasteiger partial charge in [0, 0.05) is 5.56 Å². The van der Waals surface area contributed by atoms with Crippen LogP contribution in [0.15, 0.2) is 16.6 Å². The first-order valence-corrected chi connectivity index (χ1v) is 8.95. The van der Waals surface area contributed by atoms with Crippen molar-refractivity contribution in [2.24, 2.45) is 11.3 Å². The monoisotopic (exact) mass is 369 g/mol. The maximum atomic E-state index is 14.2. The Balaban J connectivity index is 2.14. The first kappa shape index (κ1) is 16.4. The second-order valence-corrected chi connectivity index (χ2v) is 8.42.